The monoisotopic (exact) mass is 418 g/mol. The van der Waals surface area contributed by atoms with Crippen LogP contribution in [0.25, 0.3) is 0 Å². The number of amides is 1. The van der Waals surface area contributed by atoms with E-state index in [1.165, 1.54) is 35.4 Å². The molecule has 2 aromatic carbocycles. The van der Waals surface area contributed by atoms with Crippen molar-refractivity contribution in [3.63, 3.8) is 0 Å². The number of rotatable bonds is 7. The number of carbonyl (C=O) groups is 1. The fourth-order valence-electron chi connectivity index (χ4n) is 3.90. The Morgan fingerprint density at radius 1 is 1.14 bits per heavy atom. The Labute approximate surface area is 172 Å². The number of sulfonamides is 1. The zero-order chi connectivity index (χ0) is 21.2. The number of anilines is 1. The first-order valence-electron chi connectivity index (χ1n) is 9.87. The van der Waals surface area contributed by atoms with Crippen LogP contribution in [0.1, 0.15) is 49.4 Å². The van der Waals surface area contributed by atoms with Gasteiger partial charge in [-0.05, 0) is 73.6 Å². The lowest BCUT2D eigenvalue weighted by Gasteiger charge is -2.31. The third-order valence-corrected chi connectivity index (χ3v) is 6.57. The van der Waals surface area contributed by atoms with Gasteiger partial charge in [0.1, 0.15) is 11.9 Å². The summed E-state index contributed by atoms with van der Waals surface area (Å²) in [5.74, 6) is -0.847. The highest BCUT2D eigenvalue weighted by Crippen LogP contribution is 2.26. The van der Waals surface area contributed by atoms with E-state index in [9.17, 15) is 17.6 Å². The van der Waals surface area contributed by atoms with Gasteiger partial charge in [-0.15, -0.1) is 0 Å². The van der Waals surface area contributed by atoms with E-state index in [1.807, 2.05) is 13.0 Å². The van der Waals surface area contributed by atoms with Gasteiger partial charge in [0.05, 0.1) is 18.0 Å². The highest BCUT2D eigenvalue weighted by atomic mass is 32.2. The number of hydrogen-bond acceptors (Lipinski definition) is 3. The number of carbonyl (C=O) groups excluding carboxylic acids is 1. The first kappa shape index (κ1) is 21.3. The van der Waals surface area contributed by atoms with Crippen LogP contribution in [-0.4, -0.2) is 26.6 Å². The van der Waals surface area contributed by atoms with Gasteiger partial charge in [0.15, 0.2) is 0 Å². The Kier molecular flexibility index (Phi) is 6.27. The van der Waals surface area contributed by atoms with Crippen LogP contribution in [0.4, 0.5) is 10.1 Å². The summed E-state index contributed by atoms with van der Waals surface area (Å²) in [6.45, 7) is 3.65. The van der Waals surface area contributed by atoms with E-state index in [-0.39, 0.29) is 24.1 Å². The second-order valence-electron chi connectivity index (χ2n) is 7.57. The van der Waals surface area contributed by atoms with Crippen molar-refractivity contribution in [2.24, 2.45) is 0 Å². The second kappa shape index (κ2) is 8.53. The lowest BCUT2D eigenvalue weighted by atomic mass is 10.0. The van der Waals surface area contributed by atoms with Crippen LogP contribution >= 0.6 is 0 Å². The van der Waals surface area contributed by atoms with E-state index in [4.69, 9.17) is 0 Å². The molecule has 2 atom stereocenters. The van der Waals surface area contributed by atoms with Gasteiger partial charge in [-0.3, -0.25) is 9.10 Å². The van der Waals surface area contributed by atoms with Crippen molar-refractivity contribution in [2.45, 2.75) is 51.6 Å². The topological polar surface area (TPSA) is 66.5 Å². The molecule has 7 heteroatoms. The molecule has 0 spiro atoms. The molecule has 0 fully saturated rings. The molecule has 0 radical (unpaired) electrons. The van der Waals surface area contributed by atoms with E-state index in [2.05, 4.69) is 17.4 Å². The summed E-state index contributed by atoms with van der Waals surface area (Å²) in [5, 5.41) is 2.95. The van der Waals surface area contributed by atoms with Crippen LogP contribution in [0.2, 0.25) is 0 Å². The highest BCUT2D eigenvalue weighted by molar-refractivity contribution is 7.92. The Balaban J connectivity index is 1.83. The number of halogens is 1. The summed E-state index contributed by atoms with van der Waals surface area (Å²) >= 11 is 0. The molecule has 0 aliphatic heterocycles. The molecule has 29 heavy (non-hydrogen) atoms. The SMILES string of the molecule is CC[C@@H](C(=O)N[C@@H](C)c1ccc2c(c1)CCC2)N(c1ccc(F)cc1)S(C)(=O)=O. The van der Waals surface area contributed by atoms with Crippen LogP contribution in [0.3, 0.4) is 0 Å². The summed E-state index contributed by atoms with van der Waals surface area (Å²) in [6.07, 6.45) is 4.63. The van der Waals surface area contributed by atoms with E-state index >= 15 is 0 Å². The van der Waals surface area contributed by atoms with E-state index in [0.29, 0.717) is 0 Å². The first-order valence-corrected chi connectivity index (χ1v) is 11.7. The fraction of sp³-hybridized carbons (Fsp3) is 0.409. The van der Waals surface area contributed by atoms with Gasteiger partial charge in [0.2, 0.25) is 15.9 Å². The normalized spacial score (nSPS) is 15.4. The number of nitrogens with zero attached hydrogens (tertiary/aromatic N) is 1. The van der Waals surface area contributed by atoms with Crippen LogP contribution in [0.5, 0.6) is 0 Å². The average molecular weight is 419 g/mol. The van der Waals surface area contributed by atoms with E-state index in [0.717, 1.165) is 35.4 Å². The van der Waals surface area contributed by atoms with Crippen molar-refractivity contribution < 1.29 is 17.6 Å². The molecule has 2 aromatic rings. The number of nitrogens with one attached hydrogen (secondary N) is 1. The van der Waals surface area contributed by atoms with Crippen molar-refractivity contribution in [1.82, 2.24) is 5.32 Å². The standard InChI is InChI=1S/C22H27FN2O3S/c1-4-21(25(29(3,27)28)20-12-10-19(23)11-13-20)22(26)24-15(2)17-9-8-16-6-5-7-18(16)14-17/h8-15,21H,4-7H2,1-3H3,(H,24,26)/t15-,21-/m0/s1. The lowest BCUT2D eigenvalue weighted by Crippen LogP contribution is -2.49. The van der Waals surface area contributed by atoms with Crippen molar-refractivity contribution >= 4 is 21.6 Å². The van der Waals surface area contributed by atoms with Crippen LogP contribution in [-0.2, 0) is 27.7 Å². The molecule has 1 N–H and O–H groups in total. The number of hydrogen-bond donors (Lipinski definition) is 1. The predicted molar refractivity (Wildman–Crippen MR) is 113 cm³/mol. The summed E-state index contributed by atoms with van der Waals surface area (Å²) in [6, 6.07) is 10.2. The van der Waals surface area contributed by atoms with Gasteiger partial charge in [0.25, 0.3) is 0 Å². The van der Waals surface area contributed by atoms with Gasteiger partial charge < -0.3 is 5.32 Å². The summed E-state index contributed by atoms with van der Waals surface area (Å²) in [7, 11) is -3.75. The Morgan fingerprint density at radius 2 is 1.79 bits per heavy atom. The third-order valence-electron chi connectivity index (χ3n) is 5.39. The zero-order valence-corrected chi connectivity index (χ0v) is 17.8. The molecule has 0 heterocycles. The maximum atomic E-state index is 13.3. The molecule has 1 amide bonds. The molecule has 0 unspecified atom stereocenters. The lowest BCUT2D eigenvalue weighted by molar-refractivity contribution is -0.122. The van der Waals surface area contributed by atoms with Crippen molar-refractivity contribution in [3.8, 4) is 0 Å². The van der Waals surface area contributed by atoms with Crippen molar-refractivity contribution in [3.05, 3.63) is 65.0 Å². The van der Waals surface area contributed by atoms with Gasteiger partial charge >= 0.3 is 0 Å². The largest absolute Gasteiger partial charge is 0.348 e. The molecule has 0 aromatic heterocycles. The van der Waals surface area contributed by atoms with Gasteiger partial charge in [-0.2, -0.15) is 0 Å². The summed E-state index contributed by atoms with van der Waals surface area (Å²) < 4.78 is 39.3. The average Bonchev–Trinajstić information content (AvgIpc) is 3.13. The van der Waals surface area contributed by atoms with E-state index in [1.54, 1.807) is 6.92 Å². The van der Waals surface area contributed by atoms with Crippen molar-refractivity contribution in [2.75, 3.05) is 10.6 Å². The van der Waals surface area contributed by atoms with E-state index < -0.39 is 21.9 Å². The zero-order valence-electron chi connectivity index (χ0n) is 17.0. The van der Waals surface area contributed by atoms with Crippen LogP contribution in [0, 0.1) is 5.82 Å². The number of aryl methyl sites for hydroxylation is 2. The minimum atomic E-state index is -3.75. The Bertz CT molecular complexity index is 990. The Hall–Kier alpha value is -2.41. The van der Waals surface area contributed by atoms with Gasteiger partial charge in [0, 0.05) is 0 Å². The third kappa shape index (κ3) is 4.78. The van der Waals surface area contributed by atoms with Crippen LogP contribution in [0.15, 0.2) is 42.5 Å². The molecule has 0 saturated heterocycles. The smallest absolute Gasteiger partial charge is 0.244 e. The molecule has 1 aliphatic carbocycles. The van der Waals surface area contributed by atoms with Crippen molar-refractivity contribution in [1.29, 1.82) is 0 Å². The molecule has 0 saturated carbocycles. The first-order chi connectivity index (χ1) is 13.7. The van der Waals surface area contributed by atoms with Gasteiger partial charge in [-0.1, -0.05) is 25.1 Å². The highest BCUT2D eigenvalue weighted by Gasteiger charge is 2.32. The minimum absolute atomic E-state index is 0.253. The van der Waals surface area contributed by atoms with Gasteiger partial charge in [-0.25, -0.2) is 12.8 Å². The number of benzene rings is 2. The minimum Gasteiger partial charge on any atom is -0.348 e. The summed E-state index contributed by atoms with van der Waals surface area (Å²) in [4.78, 5) is 13.0. The summed E-state index contributed by atoms with van der Waals surface area (Å²) in [5.41, 5.74) is 3.95. The molecule has 1 aliphatic rings. The Morgan fingerprint density at radius 3 is 2.41 bits per heavy atom. The maximum Gasteiger partial charge on any atom is 0.244 e. The maximum absolute atomic E-state index is 13.3. The predicted octanol–water partition coefficient (Wildman–Crippen LogP) is 3.74. The molecule has 5 nitrogen and oxygen atoms in total. The number of fused-ring (bicyclic) bond motifs is 1. The molecule has 0 bridgehead atoms. The van der Waals surface area contributed by atoms with Crippen LogP contribution < -0.4 is 9.62 Å². The second-order valence-corrected chi connectivity index (χ2v) is 9.43. The molecule has 3 rings (SSSR count). The molecular formula is C22H27FN2O3S. The fourth-order valence-corrected chi connectivity index (χ4v) is 5.11. The molecule has 156 valence electrons. The molecular weight excluding hydrogens is 391 g/mol. The quantitative estimate of drug-likeness (QED) is 0.745.